The van der Waals surface area contributed by atoms with Gasteiger partial charge >= 0.3 is 11.4 Å². The Bertz CT molecular complexity index is 1640. The van der Waals surface area contributed by atoms with Gasteiger partial charge in [0.05, 0.1) is 49.2 Å². The molecule has 0 N–H and O–H groups in total. The van der Waals surface area contributed by atoms with E-state index >= 15 is 0 Å². The lowest BCUT2D eigenvalue weighted by atomic mass is 10.1. The average Bonchev–Trinajstić information content (AvgIpc) is 3.52. The van der Waals surface area contributed by atoms with Crippen molar-refractivity contribution in [3.05, 3.63) is 43.8 Å². The zero-order valence-corrected chi connectivity index (χ0v) is 26.2. The fourth-order valence-corrected chi connectivity index (χ4v) is 8.79. The molecule has 15 heteroatoms. The molecule has 3 amide bonds. The Morgan fingerprint density at radius 1 is 0.829 bits per heavy atom. The van der Waals surface area contributed by atoms with Crippen molar-refractivity contribution in [2.75, 3.05) is 26.3 Å². The predicted molar refractivity (Wildman–Crippen MR) is 161 cm³/mol. The lowest BCUT2D eigenvalue weighted by Crippen LogP contribution is -2.57. The van der Waals surface area contributed by atoms with E-state index in [2.05, 4.69) is 19.9 Å². The highest BCUT2D eigenvalue weighted by molar-refractivity contribution is 7.19. The molecule has 41 heavy (non-hydrogen) atoms. The van der Waals surface area contributed by atoms with Crippen LogP contribution in [0.4, 0.5) is 9.59 Å². The van der Waals surface area contributed by atoms with Gasteiger partial charge in [-0.1, -0.05) is 23.2 Å². The van der Waals surface area contributed by atoms with Crippen LogP contribution in [0.3, 0.4) is 0 Å². The number of carbonyl (C=O) groups is 2. The van der Waals surface area contributed by atoms with E-state index in [1.165, 1.54) is 23.1 Å². The van der Waals surface area contributed by atoms with Gasteiger partial charge in [0.1, 0.15) is 32.6 Å². The Morgan fingerprint density at radius 2 is 1.32 bits per heavy atom. The van der Waals surface area contributed by atoms with Crippen molar-refractivity contribution in [3.8, 4) is 0 Å². The van der Waals surface area contributed by atoms with Crippen LogP contribution in [-0.2, 0) is 30.7 Å². The molecular formula is C26H26Cl3N7O3S2. The van der Waals surface area contributed by atoms with Crippen LogP contribution in [0, 0.1) is 0 Å². The molecule has 1 fully saturated rings. The third-order valence-electron chi connectivity index (χ3n) is 7.59. The number of rotatable bonds is 0. The molecule has 0 aromatic carbocycles. The second kappa shape index (κ2) is 11.7. The maximum atomic E-state index is 13.0. The number of halogens is 3. The van der Waals surface area contributed by atoms with Crippen LogP contribution >= 0.6 is 57.5 Å². The Kier molecular flexibility index (Phi) is 8.23. The highest BCUT2D eigenvalue weighted by atomic mass is 35.5. The van der Waals surface area contributed by atoms with Gasteiger partial charge in [0.15, 0.2) is 0 Å². The smallest absolute Gasteiger partial charge is 0.320 e. The summed E-state index contributed by atoms with van der Waals surface area (Å²) in [6.07, 6.45) is 4.49. The first-order valence-corrected chi connectivity index (χ1v) is 15.9. The molecule has 3 aliphatic rings. The number of morpholine rings is 1. The minimum absolute atomic E-state index is 0.0959. The van der Waals surface area contributed by atoms with E-state index in [1.807, 2.05) is 23.6 Å². The van der Waals surface area contributed by atoms with Gasteiger partial charge in [-0.15, -0.1) is 22.7 Å². The van der Waals surface area contributed by atoms with Gasteiger partial charge in [0, 0.05) is 22.8 Å². The SMILES string of the molecule is C[C@@H]1COC[C@@H](C)N1C(=O)N1CCc2c(sc3ncnc(Cl)c23)C1.O=C(Cl)N1CCc2c(sc3ncnc(Cl)c23)C1. The predicted octanol–water partition coefficient (Wildman–Crippen LogP) is 5.99. The normalized spacial score (nSPS) is 20.5. The summed E-state index contributed by atoms with van der Waals surface area (Å²) in [5.41, 5.74) is 2.36. The maximum Gasteiger partial charge on any atom is 0.320 e. The van der Waals surface area contributed by atoms with Crippen molar-refractivity contribution in [3.63, 3.8) is 0 Å². The molecule has 3 aliphatic heterocycles. The topological polar surface area (TPSA) is 105 Å². The van der Waals surface area contributed by atoms with Crippen LogP contribution in [0.2, 0.25) is 10.3 Å². The summed E-state index contributed by atoms with van der Waals surface area (Å²) in [5.74, 6) is 0. The van der Waals surface area contributed by atoms with Crippen molar-refractivity contribution in [2.45, 2.75) is 51.9 Å². The highest BCUT2D eigenvalue weighted by Gasteiger charge is 2.35. The fourth-order valence-electron chi connectivity index (χ4n) is 5.64. The number of amides is 3. The first kappa shape index (κ1) is 28.8. The first-order chi connectivity index (χ1) is 19.7. The Labute approximate surface area is 259 Å². The largest absolute Gasteiger partial charge is 0.377 e. The number of ether oxygens (including phenoxy) is 1. The van der Waals surface area contributed by atoms with E-state index in [9.17, 15) is 9.59 Å². The molecular weight excluding hydrogens is 629 g/mol. The number of carbonyl (C=O) groups excluding carboxylic acids is 2. The van der Waals surface area contributed by atoms with Crippen molar-refractivity contribution >= 4 is 89.3 Å². The van der Waals surface area contributed by atoms with E-state index in [-0.39, 0.29) is 18.1 Å². The summed E-state index contributed by atoms with van der Waals surface area (Å²) < 4.78 is 5.53. The van der Waals surface area contributed by atoms with E-state index in [4.69, 9.17) is 39.5 Å². The maximum absolute atomic E-state index is 13.0. The Morgan fingerprint density at radius 3 is 1.83 bits per heavy atom. The molecule has 4 aromatic heterocycles. The third-order valence-corrected chi connectivity index (χ3v) is 10.7. The molecule has 0 unspecified atom stereocenters. The van der Waals surface area contributed by atoms with Crippen LogP contribution < -0.4 is 0 Å². The summed E-state index contributed by atoms with van der Waals surface area (Å²) in [7, 11) is 0. The number of urea groups is 1. The standard InChI is InChI=1S/C16H19ClN4O2S.C10H7Cl2N3OS/c1-9-6-23-7-10(2)21(9)16(22)20-4-3-11-12(5-20)24-15-13(11)14(17)18-8-19-15;11-8-7-5-1-2-15(10(12)16)3-6(5)17-9(7)14-4-13-8/h8-10H,3-7H2,1-2H3;4H,1-3H2/t9-,10-;/m1./s1. The van der Waals surface area contributed by atoms with Crippen LogP contribution in [0.25, 0.3) is 20.4 Å². The number of fused-ring (bicyclic) bond motifs is 6. The molecule has 4 aromatic rings. The van der Waals surface area contributed by atoms with Crippen LogP contribution in [-0.4, -0.2) is 84.4 Å². The summed E-state index contributed by atoms with van der Waals surface area (Å²) in [5, 5.41) is 2.46. The van der Waals surface area contributed by atoms with Gasteiger partial charge in [0.2, 0.25) is 0 Å². The summed E-state index contributed by atoms with van der Waals surface area (Å²) >= 11 is 21.0. The van der Waals surface area contributed by atoms with E-state index in [1.54, 1.807) is 27.6 Å². The van der Waals surface area contributed by atoms with Crippen molar-refractivity contribution in [1.82, 2.24) is 34.6 Å². The van der Waals surface area contributed by atoms with Gasteiger partial charge in [-0.05, 0) is 49.4 Å². The number of aromatic nitrogens is 4. The molecule has 0 radical (unpaired) electrons. The molecule has 216 valence electrons. The van der Waals surface area contributed by atoms with Crippen LogP contribution in [0.15, 0.2) is 12.7 Å². The molecule has 0 spiro atoms. The summed E-state index contributed by atoms with van der Waals surface area (Å²) in [6, 6.07) is 0.300. The molecule has 0 bridgehead atoms. The first-order valence-electron chi connectivity index (χ1n) is 13.1. The molecule has 10 nitrogen and oxygen atoms in total. The van der Waals surface area contributed by atoms with Gasteiger partial charge < -0.3 is 19.4 Å². The molecule has 1 saturated heterocycles. The molecule has 7 heterocycles. The number of hydrogen-bond donors (Lipinski definition) is 0. The molecule has 7 rings (SSSR count). The van der Waals surface area contributed by atoms with Crippen molar-refractivity contribution in [1.29, 1.82) is 0 Å². The summed E-state index contributed by atoms with van der Waals surface area (Å²) in [4.78, 5) is 50.3. The quantitative estimate of drug-likeness (QED) is 0.130. The Hall–Kier alpha value is -2.35. The van der Waals surface area contributed by atoms with Gasteiger partial charge in [-0.2, -0.15) is 0 Å². The van der Waals surface area contributed by atoms with E-state index in [0.717, 1.165) is 43.7 Å². The number of hydrogen-bond acceptors (Lipinski definition) is 9. The van der Waals surface area contributed by atoms with Crippen LogP contribution in [0.1, 0.15) is 34.7 Å². The van der Waals surface area contributed by atoms with E-state index < -0.39 is 5.37 Å². The van der Waals surface area contributed by atoms with E-state index in [0.29, 0.717) is 49.7 Å². The monoisotopic (exact) mass is 653 g/mol. The second-order valence-electron chi connectivity index (χ2n) is 10.2. The zero-order valence-electron chi connectivity index (χ0n) is 22.3. The minimum atomic E-state index is -0.412. The van der Waals surface area contributed by atoms with Crippen molar-refractivity contribution in [2.24, 2.45) is 0 Å². The zero-order chi connectivity index (χ0) is 28.8. The minimum Gasteiger partial charge on any atom is -0.377 e. The lowest BCUT2D eigenvalue weighted by Gasteiger charge is -2.42. The van der Waals surface area contributed by atoms with Crippen molar-refractivity contribution < 1.29 is 14.3 Å². The molecule has 0 saturated carbocycles. The van der Waals surface area contributed by atoms with Gasteiger partial charge in [-0.3, -0.25) is 4.79 Å². The van der Waals surface area contributed by atoms with Crippen LogP contribution in [0.5, 0.6) is 0 Å². The summed E-state index contributed by atoms with van der Waals surface area (Å²) in [6.45, 7) is 7.74. The fraction of sp³-hybridized carbons (Fsp3) is 0.462. The average molecular weight is 655 g/mol. The lowest BCUT2D eigenvalue weighted by molar-refractivity contribution is -0.0226. The number of nitrogens with zero attached hydrogens (tertiary/aromatic N) is 7. The second-order valence-corrected chi connectivity index (χ2v) is 13.4. The molecule has 0 aliphatic carbocycles. The number of thiophene rings is 2. The van der Waals surface area contributed by atoms with Gasteiger partial charge in [-0.25, -0.2) is 24.7 Å². The highest BCUT2D eigenvalue weighted by Crippen LogP contribution is 2.38. The Balaban J connectivity index is 0.000000156. The van der Waals surface area contributed by atoms with Gasteiger partial charge in [0.25, 0.3) is 0 Å². The molecule has 2 atom stereocenters. The third kappa shape index (κ3) is 5.46.